The molecule has 0 spiro atoms. The molecule has 1 aliphatic heterocycles. The summed E-state index contributed by atoms with van der Waals surface area (Å²) in [6, 6.07) is 1.47. The Hall–Kier alpha value is -1.69. The topological polar surface area (TPSA) is 56.7 Å². The van der Waals surface area contributed by atoms with Crippen molar-refractivity contribution >= 4 is 11.8 Å². The second-order valence-electron chi connectivity index (χ2n) is 4.58. The normalized spacial score (nSPS) is 21.1. The van der Waals surface area contributed by atoms with Gasteiger partial charge >= 0.3 is 5.97 Å². The second kappa shape index (κ2) is 4.89. The van der Waals surface area contributed by atoms with E-state index in [9.17, 15) is 9.18 Å². The van der Waals surface area contributed by atoms with Crippen LogP contribution in [0.25, 0.3) is 0 Å². The smallest absolute Gasteiger partial charge is 0.338 e. The number of aromatic carboxylic acids is 1. The van der Waals surface area contributed by atoms with Crippen molar-refractivity contribution in [3.8, 4) is 0 Å². The third-order valence-corrected chi connectivity index (χ3v) is 3.36. The van der Waals surface area contributed by atoms with Gasteiger partial charge in [-0.15, -0.1) is 0 Å². The number of rotatable bonds is 2. The lowest BCUT2D eigenvalue weighted by atomic mass is 10.2. The molecule has 1 atom stereocenters. The van der Waals surface area contributed by atoms with Gasteiger partial charge in [0, 0.05) is 31.9 Å². The fourth-order valence-corrected chi connectivity index (χ4v) is 2.06. The molecule has 1 aromatic heterocycles. The summed E-state index contributed by atoms with van der Waals surface area (Å²) in [5.41, 5.74) is -0.327. The van der Waals surface area contributed by atoms with Crippen molar-refractivity contribution in [2.45, 2.75) is 13.0 Å². The zero-order chi connectivity index (χ0) is 13.3. The lowest BCUT2D eigenvalue weighted by molar-refractivity contribution is 0.0691. The van der Waals surface area contributed by atoms with E-state index in [2.05, 4.69) is 9.88 Å². The predicted molar refractivity (Wildman–Crippen MR) is 65.5 cm³/mol. The molecule has 98 valence electrons. The van der Waals surface area contributed by atoms with E-state index >= 15 is 0 Å². The first-order valence-electron chi connectivity index (χ1n) is 5.83. The van der Waals surface area contributed by atoms with Crippen molar-refractivity contribution in [3.05, 3.63) is 23.6 Å². The number of nitrogens with zero attached hydrogens (tertiary/aromatic N) is 3. The number of aromatic nitrogens is 1. The molecule has 0 aromatic carbocycles. The van der Waals surface area contributed by atoms with Gasteiger partial charge in [-0.2, -0.15) is 0 Å². The molecule has 2 rings (SSSR count). The highest BCUT2D eigenvalue weighted by atomic mass is 19.1. The van der Waals surface area contributed by atoms with Crippen LogP contribution < -0.4 is 4.90 Å². The average Bonchev–Trinajstić information content (AvgIpc) is 2.33. The maximum atomic E-state index is 14.0. The maximum absolute atomic E-state index is 14.0. The Morgan fingerprint density at radius 1 is 1.56 bits per heavy atom. The summed E-state index contributed by atoms with van der Waals surface area (Å²) in [6.07, 6.45) is 1.34. The largest absolute Gasteiger partial charge is 0.478 e. The second-order valence-corrected chi connectivity index (χ2v) is 4.58. The summed E-state index contributed by atoms with van der Waals surface area (Å²) < 4.78 is 14.0. The Labute approximate surface area is 105 Å². The molecule has 0 amide bonds. The molecule has 5 nitrogen and oxygen atoms in total. The molecule has 0 radical (unpaired) electrons. The molecule has 1 unspecified atom stereocenters. The number of anilines is 1. The van der Waals surface area contributed by atoms with Gasteiger partial charge in [-0.25, -0.2) is 14.2 Å². The summed E-state index contributed by atoms with van der Waals surface area (Å²) >= 11 is 0. The van der Waals surface area contributed by atoms with E-state index in [1.54, 1.807) is 4.90 Å². The first-order chi connectivity index (χ1) is 8.50. The van der Waals surface area contributed by atoms with Crippen molar-refractivity contribution < 1.29 is 14.3 Å². The van der Waals surface area contributed by atoms with Gasteiger partial charge in [0.25, 0.3) is 0 Å². The molecule has 1 fully saturated rings. The number of pyridine rings is 1. The van der Waals surface area contributed by atoms with E-state index in [0.29, 0.717) is 13.1 Å². The Balaban J connectivity index is 2.29. The lowest BCUT2D eigenvalue weighted by Crippen LogP contribution is -2.50. The van der Waals surface area contributed by atoms with Gasteiger partial charge in [-0.3, -0.25) is 0 Å². The third-order valence-electron chi connectivity index (χ3n) is 3.36. The van der Waals surface area contributed by atoms with Crippen LogP contribution in [0, 0.1) is 5.82 Å². The van der Waals surface area contributed by atoms with Gasteiger partial charge in [0.05, 0.1) is 0 Å². The van der Waals surface area contributed by atoms with Crippen LogP contribution in [-0.2, 0) is 0 Å². The summed E-state index contributed by atoms with van der Waals surface area (Å²) in [7, 11) is 2.01. The highest BCUT2D eigenvalue weighted by Crippen LogP contribution is 2.22. The summed E-state index contributed by atoms with van der Waals surface area (Å²) in [6.45, 7) is 4.14. The quantitative estimate of drug-likeness (QED) is 0.854. The minimum atomic E-state index is -1.27. The highest BCUT2D eigenvalue weighted by molar-refractivity contribution is 5.88. The first-order valence-corrected chi connectivity index (χ1v) is 5.83. The van der Waals surface area contributed by atoms with Gasteiger partial charge in [-0.1, -0.05) is 0 Å². The molecule has 0 saturated carbocycles. The fourth-order valence-electron chi connectivity index (χ4n) is 2.06. The van der Waals surface area contributed by atoms with Gasteiger partial charge in [0.15, 0.2) is 11.6 Å². The summed E-state index contributed by atoms with van der Waals surface area (Å²) in [5, 5.41) is 8.89. The Morgan fingerprint density at radius 2 is 2.28 bits per heavy atom. The molecule has 1 N–H and O–H groups in total. The van der Waals surface area contributed by atoms with Crippen molar-refractivity contribution in [2.75, 3.05) is 31.6 Å². The Kier molecular flexibility index (Phi) is 3.47. The number of likely N-dealkylation sites (N-methyl/N-ethyl adjacent to an activating group) is 1. The minimum Gasteiger partial charge on any atom is -0.478 e. The van der Waals surface area contributed by atoms with E-state index in [0.717, 1.165) is 6.54 Å². The van der Waals surface area contributed by atoms with E-state index < -0.39 is 11.8 Å². The number of carbonyl (C=O) groups is 1. The fraction of sp³-hybridized carbons (Fsp3) is 0.500. The number of halogens is 1. The van der Waals surface area contributed by atoms with Crippen molar-refractivity contribution in [1.82, 2.24) is 9.88 Å². The third kappa shape index (κ3) is 2.28. The van der Waals surface area contributed by atoms with Crippen LogP contribution >= 0.6 is 0 Å². The molecule has 0 bridgehead atoms. The zero-order valence-electron chi connectivity index (χ0n) is 10.4. The zero-order valence-corrected chi connectivity index (χ0v) is 10.4. The molecule has 6 heteroatoms. The first kappa shape index (κ1) is 12.8. The van der Waals surface area contributed by atoms with E-state index in [1.165, 1.54) is 12.3 Å². The summed E-state index contributed by atoms with van der Waals surface area (Å²) in [5.74, 6) is -1.88. The van der Waals surface area contributed by atoms with E-state index in [1.807, 2.05) is 14.0 Å². The SMILES string of the molecule is CC1CN(c2nccc(C(=O)O)c2F)CCN1C. The van der Waals surface area contributed by atoms with E-state index in [4.69, 9.17) is 5.11 Å². The van der Waals surface area contributed by atoms with Crippen LogP contribution in [0.15, 0.2) is 12.3 Å². The monoisotopic (exact) mass is 253 g/mol. The summed E-state index contributed by atoms with van der Waals surface area (Å²) in [4.78, 5) is 18.8. The number of carboxylic acid groups (broad SMARTS) is 1. The Bertz CT molecular complexity index is 467. The average molecular weight is 253 g/mol. The van der Waals surface area contributed by atoms with Crippen molar-refractivity contribution in [1.29, 1.82) is 0 Å². The molecule has 1 aliphatic rings. The maximum Gasteiger partial charge on any atom is 0.338 e. The van der Waals surface area contributed by atoms with E-state index in [-0.39, 0.29) is 17.4 Å². The van der Waals surface area contributed by atoms with Gasteiger partial charge in [0.2, 0.25) is 0 Å². The predicted octanol–water partition coefficient (Wildman–Crippen LogP) is 1.06. The highest BCUT2D eigenvalue weighted by Gasteiger charge is 2.25. The molecule has 0 aliphatic carbocycles. The number of carboxylic acids is 1. The van der Waals surface area contributed by atoms with Crippen LogP contribution in [0.5, 0.6) is 0 Å². The number of hydrogen-bond donors (Lipinski definition) is 1. The van der Waals surface area contributed by atoms with Crippen LogP contribution in [0.3, 0.4) is 0 Å². The number of piperazine rings is 1. The Morgan fingerprint density at radius 3 is 2.89 bits per heavy atom. The number of hydrogen-bond acceptors (Lipinski definition) is 4. The van der Waals surface area contributed by atoms with Crippen molar-refractivity contribution in [2.24, 2.45) is 0 Å². The van der Waals surface area contributed by atoms with Crippen LogP contribution in [0.2, 0.25) is 0 Å². The van der Waals surface area contributed by atoms with Crippen LogP contribution in [0.1, 0.15) is 17.3 Å². The molecule has 1 aromatic rings. The standard InChI is InChI=1S/C12H16FN3O2/c1-8-7-16(6-5-15(8)2)11-10(13)9(12(17)18)3-4-14-11/h3-4,8H,5-7H2,1-2H3,(H,17,18). The van der Waals surface area contributed by atoms with Gasteiger partial charge in [0.1, 0.15) is 5.56 Å². The molecular weight excluding hydrogens is 237 g/mol. The molecular formula is C12H16FN3O2. The molecule has 2 heterocycles. The lowest BCUT2D eigenvalue weighted by Gasteiger charge is -2.38. The minimum absolute atomic E-state index is 0.134. The van der Waals surface area contributed by atoms with Gasteiger partial charge < -0.3 is 14.9 Å². The van der Waals surface area contributed by atoms with Gasteiger partial charge in [-0.05, 0) is 20.0 Å². The van der Waals surface area contributed by atoms with Crippen LogP contribution in [0.4, 0.5) is 10.2 Å². The molecule has 1 saturated heterocycles. The van der Waals surface area contributed by atoms with Crippen LogP contribution in [-0.4, -0.2) is 53.7 Å². The van der Waals surface area contributed by atoms with Crippen molar-refractivity contribution in [3.63, 3.8) is 0 Å². The molecule has 18 heavy (non-hydrogen) atoms.